The summed E-state index contributed by atoms with van der Waals surface area (Å²) in [6.07, 6.45) is 0. The second-order valence-electron chi connectivity index (χ2n) is 4.34. The average Bonchev–Trinajstić information content (AvgIpc) is 2.74. The van der Waals surface area contributed by atoms with Crippen LogP contribution in [-0.2, 0) is 0 Å². The summed E-state index contributed by atoms with van der Waals surface area (Å²) in [6.45, 7) is 2.06. The Hall–Kier alpha value is 0.120. The van der Waals surface area contributed by atoms with Crippen LogP contribution in [0.5, 0.6) is 5.75 Å². The van der Waals surface area contributed by atoms with E-state index in [1.54, 1.807) is 18.4 Å². The lowest BCUT2D eigenvalue weighted by Crippen LogP contribution is -2.17. The van der Waals surface area contributed by atoms with E-state index in [2.05, 4.69) is 78.2 Å². The van der Waals surface area contributed by atoms with Crippen molar-refractivity contribution in [3.05, 3.63) is 46.9 Å². The first-order valence-corrected chi connectivity index (χ1v) is 9.13. The molecule has 1 N–H and O–H groups in total. The molecule has 0 spiro atoms. The minimum Gasteiger partial charge on any atom is -0.496 e. The number of aryl methyl sites for hydroxylation is 1. The molecule has 0 amide bonds. The molecule has 1 aromatic heterocycles. The van der Waals surface area contributed by atoms with Crippen molar-refractivity contribution in [1.29, 1.82) is 0 Å². The van der Waals surface area contributed by atoms with E-state index in [-0.39, 0.29) is 6.04 Å². The summed E-state index contributed by atoms with van der Waals surface area (Å²) < 4.78 is 8.80. The summed E-state index contributed by atoms with van der Waals surface area (Å²) in [5.74, 6) is 0.894. The summed E-state index contributed by atoms with van der Waals surface area (Å²) in [5, 5.41) is 3.36. The number of ether oxygens (including phenoxy) is 1. The number of hydrogen-bond acceptors (Lipinski definition) is 3. The maximum absolute atomic E-state index is 5.54. The summed E-state index contributed by atoms with van der Waals surface area (Å²) in [5.41, 5.74) is 2.28. The molecule has 2 rings (SSSR count). The van der Waals surface area contributed by atoms with Crippen molar-refractivity contribution in [3.8, 4) is 5.75 Å². The van der Waals surface area contributed by atoms with Crippen molar-refractivity contribution < 1.29 is 4.74 Å². The highest BCUT2D eigenvalue weighted by atomic mass is 79.9. The van der Waals surface area contributed by atoms with Crippen LogP contribution in [0.2, 0.25) is 0 Å². The van der Waals surface area contributed by atoms with E-state index in [4.69, 9.17) is 4.74 Å². The smallest absolute Gasteiger partial charge is 0.124 e. The number of benzene rings is 1. The van der Waals surface area contributed by atoms with Gasteiger partial charge in [0.05, 0.1) is 16.9 Å². The molecule has 0 fully saturated rings. The number of rotatable bonds is 4. The van der Waals surface area contributed by atoms with Gasteiger partial charge in [0, 0.05) is 19.4 Å². The Morgan fingerprint density at radius 1 is 1.15 bits per heavy atom. The fraction of sp³-hybridized carbons (Fsp3) is 0.286. The van der Waals surface area contributed by atoms with Crippen LogP contribution in [-0.4, -0.2) is 14.2 Å². The molecule has 20 heavy (non-hydrogen) atoms. The van der Waals surface area contributed by atoms with Gasteiger partial charge in [0.15, 0.2) is 0 Å². The molecule has 1 heterocycles. The third kappa shape index (κ3) is 3.30. The highest BCUT2D eigenvalue weighted by Gasteiger charge is 2.21. The van der Waals surface area contributed by atoms with Crippen LogP contribution < -0.4 is 10.1 Å². The lowest BCUT2D eigenvalue weighted by atomic mass is 10.0. The first kappa shape index (κ1) is 16.5. The highest BCUT2D eigenvalue weighted by molar-refractivity contribution is 9.13. The normalized spacial score (nSPS) is 12.5. The summed E-state index contributed by atoms with van der Waals surface area (Å²) in [4.78, 5) is 1.22. The monoisotopic (exact) mass is 481 g/mol. The van der Waals surface area contributed by atoms with Gasteiger partial charge < -0.3 is 10.1 Å². The number of methoxy groups -OCH3 is 1. The maximum Gasteiger partial charge on any atom is 0.124 e. The van der Waals surface area contributed by atoms with Crippen molar-refractivity contribution in [2.75, 3.05) is 14.2 Å². The Kier molecular flexibility index (Phi) is 5.71. The number of hydrogen-bond donors (Lipinski definition) is 1. The van der Waals surface area contributed by atoms with E-state index in [0.29, 0.717) is 0 Å². The van der Waals surface area contributed by atoms with Gasteiger partial charge >= 0.3 is 0 Å². The summed E-state index contributed by atoms with van der Waals surface area (Å²) in [7, 11) is 3.67. The van der Waals surface area contributed by atoms with Gasteiger partial charge in [0.1, 0.15) is 5.75 Å². The maximum atomic E-state index is 5.54. The molecule has 0 aliphatic carbocycles. The largest absolute Gasteiger partial charge is 0.496 e. The molecule has 0 bridgehead atoms. The molecule has 1 atom stereocenters. The Morgan fingerprint density at radius 2 is 1.85 bits per heavy atom. The molecule has 108 valence electrons. The molecule has 2 aromatic rings. The van der Waals surface area contributed by atoms with Gasteiger partial charge in [-0.3, -0.25) is 0 Å². The Morgan fingerprint density at radius 3 is 2.35 bits per heavy atom. The van der Waals surface area contributed by atoms with Gasteiger partial charge in [-0.15, -0.1) is 11.3 Å². The zero-order valence-electron chi connectivity index (χ0n) is 11.3. The van der Waals surface area contributed by atoms with Crippen molar-refractivity contribution in [2.45, 2.75) is 13.0 Å². The first-order valence-electron chi connectivity index (χ1n) is 5.94. The predicted molar refractivity (Wildman–Crippen MR) is 96.1 cm³/mol. The topological polar surface area (TPSA) is 21.3 Å². The minimum atomic E-state index is 0.0921. The van der Waals surface area contributed by atoms with Crippen LogP contribution in [0.4, 0.5) is 0 Å². The quantitative estimate of drug-likeness (QED) is 0.605. The minimum absolute atomic E-state index is 0.0921. The zero-order valence-corrected chi connectivity index (χ0v) is 16.8. The Bertz CT molecular complexity index is 608. The van der Waals surface area contributed by atoms with Crippen molar-refractivity contribution in [3.63, 3.8) is 0 Å². The SMILES string of the molecule is CNC(c1cc(Br)c(Br)s1)c1cc(Br)c(C)cc1OC. The standard InChI is InChI=1S/C14H14Br3NOS/c1-7-4-11(19-3)8(5-9(7)15)13(18-2)12-6-10(16)14(17)20-12/h4-6,13,18H,1-3H3. The van der Waals surface area contributed by atoms with E-state index in [1.165, 1.54) is 4.88 Å². The predicted octanol–water partition coefficient (Wildman–Crippen LogP) is 5.66. The van der Waals surface area contributed by atoms with Crippen LogP contribution in [0.1, 0.15) is 22.0 Å². The Labute approximate surface area is 148 Å². The van der Waals surface area contributed by atoms with Crippen LogP contribution in [0.3, 0.4) is 0 Å². The van der Waals surface area contributed by atoms with E-state index < -0.39 is 0 Å². The summed E-state index contributed by atoms with van der Waals surface area (Å²) >= 11 is 12.4. The van der Waals surface area contributed by atoms with Crippen LogP contribution in [0, 0.1) is 6.92 Å². The molecular formula is C14H14Br3NOS. The lowest BCUT2D eigenvalue weighted by Gasteiger charge is -2.19. The van der Waals surface area contributed by atoms with E-state index in [9.17, 15) is 0 Å². The molecular weight excluding hydrogens is 470 g/mol. The lowest BCUT2D eigenvalue weighted by molar-refractivity contribution is 0.405. The molecule has 6 heteroatoms. The Balaban J connectivity index is 2.54. The number of halogens is 3. The fourth-order valence-corrected chi connectivity index (χ4v) is 4.61. The van der Waals surface area contributed by atoms with Crippen molar-refractivity contribution in [2.24, 2.45) is 0 Å². The van der Waals surface area contributed by atoms with Crippen molar-refractivity contribution in [1.82, 2.24) is 5.32 Å². The van der Waals surface area contributed by atoms with Crippen LogP contribution in [0.15, 0.2) is 30.9 Å². The second-order valence-corrected chi connectivity index (χ2v) is 8.45. The number of nitrogens with one attached hydrogen (secondary N) is 1. The van der Waals surface area contributed by atoms with Gasteiger partial charge in [-0.2, -0.15) is 0 Å². The molecule has 0 aliphatic rings. The molecule has 0 aliphatic heterocycles. The van der Waals surface area contributed by atoms with E-state index in [1.807, 2.05) is 7.05 Å². The van der Waals surface area contributed by atoms with Crippen molar-refractivity contribution >= 4 is 59.1 Å². The van der Waals surface area contributed by atoms with E-state index >= 15 is 0 Å². The molecule has 2 nitrogen and oxygen atoms in total. The van der Waals surface area contributed by atoms with Gasteiger partial charge in [-0.05, 0) is 69.6 Å². The molecule has 0 saturated carbocycles. The van der Waals surface area contributed by atoms with Gasteiger partial charge in [-0.25, -0.2) is 0 Å². The highest BCUT2D eigenvalue weighted by Crippen LogP contribution is 2.40. The van der Waals surface area contributed by atoms with E-state index in [0.717, 1.165) is 29.6 Å². The number of thiophene rings is 1. The molecule has 1 unspecified atom stereocenters. The zero-order chi connectivity index (χ0) is 14.9. The van der Waals surface area contributed by atoms with Crippen LogP contribution >= 0.6 is 59.1 Å². The molecule has 0 saturated heterocycles. The average molecular weight is 484 g/mol. The van der Waals surface area contributed by atoms with Gasteiger partial charge in [0.2, 0.25) is 0 Å². The van der Waals surface area contributed by atoms with Gasteiger partial charge in [0.25, 0.3) is 0 Å². The second kappa shape index (κ2) is 6.92. The van der Waals surface area contributed by atoms with Crippen LogP contribution in [0.25, 0.3) is 0 Å². The molecule has 1 aromatic carbocycles. The first-order chi connectivity index (χ1) is 9.47. The van der Waals surface area contributed by atoms with Gasteiger partial charge in [-0.1, -0.05) is 15.9 Å². The summed E-state index contributed by atoms with van der Waals surface area (Å²) in [6, 6.07) is 6.40. The third-order valence-corrected chi connectivity index (χ3v) is 7.23. The molecule has 0 radical (unpaired) electrons. The third-order valence-electron chi connectivity index (χ3n) is 3.06. The fourth-order valence-electron chi connectivity index (χ4n) is 2.03.